The standard InChI is InChI=1S/C20H23FN4O/c1-22-20(25-12-14-3-6-17(26-2)7-4-14)23-10-9-15-13-24-19-11-16(21)5-8-18(15)19/h3-8,11,13,24H,9-10,12H2,1-2H3,(H2,22,23,25). The number of rotatable bonds is 6. The number of hydrogen-bond acceptors (Lipinski definition) is 2. The van der Waals surface area contributed by atoms with Crippen LogP contribution >= 0.6 is 0 Å². The second-order valence-corrected chi connectivity index (χ2v) is 5.95. The lowest BCUT2D eigenvalue weighted by atomic mass is 10.1. The fourth-order valence-corrected chi connectivity index (χ4v) is 2.83. The Labute approximate surface area is 152 Å². The molecule has 1 heterocycles. The maximum absolute atomic E-state index is 13.3. The fourth-order valence-electron chi connectivity index (χ4n) is 2.83. The molecule has 1 aromatic heterocycles. The van der Waals surface area contributed by atoms with Gasteiger partial charge in [0.25, 0.3) is 0 Å². The molecule has 0 bridgehead atoms. The first-order chi connectivity index (χ1) is 12.7. The molecule has 0 aliphatic rings. The number of halogens is 1. The van der Waals surface area contributed by atoms with Gasteiger partial charge >= 0.3 is 0 Å². The molecule has 0 saturated heterocycles. The Morgan fingerprint density at radius 3 is 2.69 bits per heavy atom. The van der Waals surface area contributed by atoms with Crippen LogP contribution in [0.25, 0.3) is 10.9 Å². The largest absolute Gasteiger partial charge is 0.497 e. The van der Waals surface area contributed by atoms with Gasteiger partial charge in [-0.15, -0.1) is 0 Å². The van der Waals surface area contributed by atoms with Crippen LogP contribution in [0.4, 0.5) is 4.39 Å². The molecule has 2 aromatic carbocycles. The maximum Gasteiger partial charge on any atom is 0.191 e. The zero-order valence-electron chi connectivity index (χ0n) is 15.0. The average Bonchev–Trinajstić information content (AvgIpc) is 3.07. The van der Waals surface area contributed by atoms with Crippen LogP contribution in [0.2, 0.25) is 0 Å². The Kier molecular flexibility index (Phi) is 5.73. The molecule has 3 aromatic rings. The number of nitrogens with zero attached hydrogens (tertiary/aromatic N) is 1. The van der Waals surface area contributed by atoms with Crippen LogP contribution < -0.4 is 15.4 Å². The summed E-state index contributed by atoms with van der Waals surface area (Å²) in [7, 11) is 3.40. The van der Waals surface area contributed by atoms with Gasteiger partial charge in [0, 0.05) is 37.2 Å². The summed E-state index contributed by atoms with van der Waals surface area (Å²) < 4.78 is 18.4. The van der Waals surface area contributed by atoms with E-state index < -0.39 is 0 Å². The number of benzene rings is 2. The second-order valence-electron chi connectivity index (χ2n) is 5.95. The van der Waals surface area contributed by atoms with Crippen LogP contribution in [0.3, 0.4) is 0 Å². The van der Waals surface area contributed by atoms with Crippen molar-refractivity contribution in [3.05, 3.63) is 65.6 Å². The molecule has 3 rings (SSSR count). The van der Waals surface area contributed by atoms with Gasteiger partial charge in [-0.2, -0.15) is 0 Å². The number of H-pyrrole nitrogens is 1. The average molecular weight is 354 g/mol. The summed E-state index contributed by atoms with van der Waals surface area (Å²) in [5, 5.41) is 7.64. The molecule has 136 valence electrons. The summed E-state index contributed by atoms with van der Waals surface area (Å²) in [6.45, 7) is 1.41. The van der Waals surface area contributed by atoms with Gasteiger partial charge in [0.1, 0.15) is 11.6 Å². The van der Waals surface area contributed by atoms with Gasteiger partial charge in [-0.25, -0.2) is 4.39 Å². The zero-order chi connectivity index (χ0) is 18.4. The van der Waals surface area contributed by atoms with Crippen molar-refractivity contribution in [1.29, 1.82) is 0 Å². The highest BCUT2D eigenvalue weighted by Gasteiger charge is 2.05. The first-order valence-electron chi connectivity index (χ1n) is 8.52. The fraction of sp³-hybridized carbons (Fsp3) is 0.250. The van der Waals surface area contributed by atoms with Crippen LogP contribution in [0.1, 0.15) is 11.1 Å². The number of aliphatic imine (C=N–C) groups is 1. The monoisotopic (exact) mass is 354 g/mol. The number of methoxy groups -OCH3 is 1. The molecular formula is C20H23FN4O. The predicted molar refractivity (Wildman–Crippen MR) is 103 cm³/mol. The smallest absolute Gasteiger partial charge is 0.191 e. The molecule has 0 aliphatic carbocycles. The molecule has 0 saturated carbocycles. The van der Waals surface area contributed by atoms with Crippen LogP contribution in [-0.2, 0) is 13.0 Å². The maximum atomic E-state index is 13.3. The van der Waals surface area contributed by atoms with E-state index in [1.807, 2.05) is 36.5 Å². The minimum absolute atomic E-state index is 0.229. The number of hydrogen-bond donors (Lipinski definition) is 3. The summed E-state index contributed by atoms with van der Waals surface area (Å²) in [5.41, 5.74) is 3.12. The van der Waals surface area contributed by atoms with Crippen LogP contribution in [0, 0.1) is 5.82 Å². The molecule has 0 radical (unpaired) electrons. The van der Waals surface area contributed by atoms with Gasteiger partial charge in [0.2, 0.25) is 0 Å². The topological polar surface area (TPSA) is 61.4 Å². The number of guanidine groups is 1. The zero-order valence-corrected chi connectivity index (χ0v) is 15.0. The van der Waals surface area contributed by atoms with E-state index in [1.54, 1.807) is 14.2 Å². The third kappa shape index (κ3) is 4.33. The molecule has 0 unspecified atom stereocenters. The van der Waals surface area contributed by atoms with Crippen molar-refractivity contribution in [1.82, 2.24) is 15.6 Å². The van der Waals surface area contributed by atoms with Gasteiger partial charge in [-0.3, -0.25) is 4.99 Å². The van der Waals surface area contributed by atoms with Gasteiger partial charge < -0.3 is 20.4 Å². The van der Waals surface area contributed by atoms with Crippen LogP contribution in [0.5, 0.6) is 5.75 Å². The van der Waals surface area contributed by atoms with Gasteiger partial charge in [0.15, 0.2) is 5.96 Å². The lowest BCUT2D eigenvalue weighted by Gasteiger charge is -2.12. The molecular weight excluding hydrogens is 331 g/mol. The summed E-state index contributed by atoms with van der Waals surface area (Å²) in [4.78, 5) is 7.36. The van der Waals surface area contributed by atoms with Crippen molar-refractivity contribution in [3.63, 3.8) is 0 Å². The van der Waals surface area contributed by atoms with E-state index in [4.69, 9.17) is 4.74 Å². The summed E-state index contributed by atoms with van der Waals surface area (Å²) in [6, 6.07) is 12.7. The van der Waals surface area contributed by atoms with E-state index in [0.717, 1.165) is 46.7 Å². The first-order valence-corrected chi connectivity index (χ1v) is 8.52. The Morgan fingerprint density at radius 2 is 1.96 bits per heavy atom. The molecule has 0 aliphatic heterocycles. The van der Waals surface area contributed by atoms with E-state index >= 15 is 0 Å². The molecule has 0 amide bonds. The SMILES string of the molecule is CN=C(NCCc1c[nH]c2cc(F)ccc12)NCc1ccc(OC)cc1. The Balaban J connectivity index is 1.50. The Morgan fingerprint density at radius 1 is 1.15 bits per heavy atom. The normalized spacial score (nSPS) is 11.6. The number of aromatic amines is 1. The Bertz CT molecular complexity index is 886. The highest BCUT2D eigenvalue weighted by Crippen LogP contribution is 2.19. The van der Waals surface area contributed by atoms with Crippen molar-refractivity contribution in [2.24, 2.45) is 4.99 Å². The molecule has 0 atom stereocenters. The van der Waals surface area contributed by atoms with Gasteiger partial charge in [0.05, 0.1) is 7.11 Å². The third-order valence-corrected chi connectivity index (χ3v) is 4.26. The van der Waals surface area contributed by atoms with Crippen molar-refractivity contribution in [3.8, 4) is 5.75 Å². The molecule has 3 N–H and O–H groups in total. The van der Waals surface area contributed by atoms with E-state index in [2.05, 4.69) is 20.6 Å². The second kappa shape index (κ2) is 8.38. The van der Waals surface area contributed by atoms with E-state index in [1.165, 1.54) is 12.1 Å². The third-order valence-electron chi connectivity index (χ3n) is 4.26. The number of nitrogens with one attached hydrogen (secondary N) is 3. The summed E-state index contributed by atoms with van der Waals surface area (Å²) >= 11 is 0. The first kappa shape index (κ1) is 17.8. The molecule has 0 fully saturated rings. The lowest BCUT2D eigenvalue weighted by molar-refractivity contribution is 0.414. The predicted octanol–water partition coefficient (Wildman–Crippen LogP) is 3.22. The van der Waals surface area contributed by atoms with Crippen molar-refractivity contribution >= 4 is 16.9 Å². The minimum Gasteiger partial charge on any atom is -0.497 e. The number of aromatic nitrogens is 1. The van der Waals surface area contributed by atoms with E-state index in [9.17, 15) is 4.39 Å². The summed E-state index contributed by atoms with van der Waals surface area (Å²) in [5.74, 6) is 1.36. The lowest BCUT2D eigenvalue weighted by Crippen LogP contribution is -2.37. The van der Waals surface area contributed by atoms with Gasteiger partial charge in [-0.1, -0.05) is 12.1 Å². The highest BCUT2D eigenvalue weighted by molar-refractivity contribution is 5.83. The van der Waals surface area contributed by atoms with Crippen LogP contribution in [-0.4, -0.2) is 31.6 Å². The van der Waals surface area contributed by atoms with E-state index in [-0.39, 0.29) is 5.82 Å². The van der Waals surface area contributed by atoms with Crippen molar-refractivity contribution in [2.45, 2.75) is 13.0 Å². The molecule has 0 spiro atoms. The van der Waals surface area contributed by atoms with E-state index in [0.29, 0.717) is 6.54 Å². The van der Waals surface area contributed by atoms with Gasteiger partial charge in [-0.05, 0) is 47.9 Å². The van der Waals surface area contributed by atoms with Crippen LogP contribution in [0.15, 0.2) is 53.7 Å². The molecule has 26 heavy (non-hydrogen) atoms. The molecule has 6 heteroatoms. The Hall–Kier alpha value is -3.02. The van der Waals surface area contributed by atoms with Crippen molar-refractivity contribution < 1.29 is 9.13 Å². The summed E-state index contributed by atoms with van der Waals surface area (Å²) in [6.07, 6.45) is 2.74. The number of ether oxygens (including phenoxy) is 1. The quantitative estimate of drug-likeness (QED) is 0.470. The highest BCUT2D eigenvalue weighted by atomic mass is 19.1. The molecule has 5 nitrogen and oxygen atoms in total. The minimum atomic E-state index is -0.229. The van der Waals surface area contributed by atoms with Crippen molar-refractivity contribution in [2.75, 3.05) is 20.7 Å². The number of fused-ring (bicyclic) bond motifs is 1.